The number of carbonyl (C=O) groups is 1. The number of phenolic OH excluding ortho intramolecular Hbond substituents is 1. The van der Waals surface area contributed by atoms with Crippen LogP contribution in [-0.2, 0) is 0 Å². The Kier molecular flexibility index (Phi) is 1.94. The molecule has 1 aromatic carbocycles. The smallest absolute Gasteiger partial charge is 0.153 e. The zero-order valence-electron chi connectivity index (χ0n) is 6.59. The van der Waals surface area contributed by atoms with Crippen LogP contribution in [-0.4, -0.2) is 11.4 Å². The molecule has 1 aromatic rings. The van der Waals surface area contributed by atoms with Crippen molar-refractivity contribution in [2.24, 2.45) is 0 Å². The van der Waals surface area contributed by atoms with Gasteiger partial charge in [0.25, 0.3) is 0 Å². The molecule has 11 heavy (non-hydrogen) atoms. The first-order valence-corrected chi connectivity index (χ1v) is 3.40. The predicted octanol–water partition coefficient (Wildman–Crippen LogP) is 1.82. The highest BCUT2D eigenvalue weighted by molar-refractivity contribution is 5.79. The third-order valence-electron chi connectivity index (χ3n) is 1.77. The van der Waals surface area contributed by atoms with E-state index in [9.17, 15) is 9.90 Å². The summed E-state index contributed by atoms with van der Waals surface area (Å²) in [7, 11) is 0. The number of hydrogen-bond donors (Lipinski definition) is 1. The molecule has 0 aromatic heterocycles. The quantitative estimate of drug-likeness (QED) is 0.620. The molecule has 0 saturated carbocycles. The number of aryl methyl sites for hydroxylation is 2. The highest BCUT2D eigenvalue weighted by atomic mass is 16.3. The molecule has 0 saturated heterocycles. The molecule has 0 heterocycles. The number of benzene rings is 1. The number of aldehydes is 1. The van der Waals surface area contributed by atoms with E-state index >= 15 is 0 Å². The van der Waals surface area contributed by atoms with Gasteiger partial charge in [0.15, 0.2) is 6.29 Å². The molecule has 0 bridgehead atoms. The average molecular weight is 150 g/mol. The zero-order chi connectivity index (χ0) is 8.43. The number of carbonyl (C=O) groups excluding carboxylic acids is 1. The summed E-state index contributed by atoms with van der Waals surface area (Å²) in [5.41, 5.74) is 2.37. The lowest BCUT2D eigenvalue weighted by atomic mass is 10.1. The highest BCUT2D eigenvalue weighted by Crippen LogP contribution is 2.19. The Labute approximate surface area is 65.5 Å². The van der Waals surface area contributed by atoms with Gasteiger partial charge in [-0.1, -0.05) is 0 Å². The Morgan fingerprint density at radius 3 is 2.36 bits per heavy atom. The van der Waals surface area contributed by atoms with Gasteiger partial charge in [-0.3, -0.25) is 4.79 Å². The maximum absolute atomic E-state index is 10.3. The maximum atomic E-state index is 10.3. The molecule has 0 aliphatic carbocycles. The Bertz CT molecular complexity index is 290. The van der Waals surface area contributed by atoms with E-state index in [2.05, 4.69) is 0 Å². The van der Waals surface area contributed by atoms with Crippen LogP contribution in [0.1, 0.15) is 21.5 Å². The van der Waals surface area contributed by atoms with Crippen LogP contribution in [0.2, 0.25) is 0 Å². The van der Waals surface area contributed by atoms with Crippen molar-refractivity contribution in [3.05, 3.63) is 28.8 Å². The Balaban J connectivity index is 3.31. The molecular weight excluding hydrogens is 140 g/mol. The highest BCUT2D eigenvalue weighted by Gasteiger charge is 2.01. The standard InChI is InChI=1S/C9H10O2/c1-6-3-8(5-10)9(11)4-7(6)2/h3-5,11H,1-2H3. The molecule has 0 atom stereocenters. The van der Waals surface area contributed by atoms with E-state index in [-0.39, 0.29) is 5.75 Å². The summed E-state index contributed by atoms with van der Waals surface area (Å²) < 4.78 is 0. The molecule has 1 N–H and O–H groups in total. The van der Waals surface area contributed by atoms with Crippen molar-refractivity contribution in [3.8, 4) is 5.75 Å². The molecule has 0 unspecified atom stereocenters. The van der Waals surface area contributed by atoms with E-state index in [0.29, 0.717) is 11.8 Å². The van der Waals surface area contributed by atoms with Gasteiger partial charge in [-0.05, 0) is 37.1 Å². The predicted molar refractivity (Wildman–Crippen MR) is 43.0 cm³/mol. The SMILES string of the molecule is Cc1cc(O)c(C=O)cc1C. The fourth-order valence-corrected chi connectivity index (χ4v) is 0.918. The molecule has 0 aliphatic rings. The third-order valence-corrected chi connectivity index (χ3v) is 1.77. The second-order valence-electron chi connectivity index (χ2n) is 2.61. The van der Waals surface area contributed by atoms with E-state index < -0.39 is 0 Å². The molecule has 0 amide bonds. The van der Waals surface area contributed by atoms with Crippen molar-refractivity contribution >= 4 is 6.29 Å². The maximum Gasteiger partial charge on any atom is 0.153 e. The summed E-state index contributed by atoms with van der Waals surface area (Å²) in [6, 6.07) is 3.27. The van der Waals surface area contributed by atoms with Crippen LogP contribution in [0, 0.1) is 13.8 Å². The van der Waals surface area contributed by atoms with Gasteiger partial charge < -0.3 is 5.11 Å². The minimum absolute atomic E-state index is 0.0584. The zero-order valence-corrected chi connectivity index (χ0v) is 6.59. The number of rotatable bonds is 1. The number of hydrogen-bond acceptors (Lipinski definition) is 2. The first-order chi connectivity index (χ1) is 5.15. The molecule has 58 valence electrons. The topological polar surface area (TPSA) is 37.3 Å². The van der Waals surface area contributed by atoms with Gasteiger partial charge in [0, 0.05) is 0 Å². The molecule has 0 spiro atoms. The second kappa shape index (κ2) is 2.74. The fraction of sp³-hybridized carbons (Fsp3) is 0.222. The van der Waals surface area contributed by atoms with Gasteiger partial charge in [-0.25, -0.2) is 0 Å². The van der Waals surface area contributed by atoms with Gasteiger partial charge in [0.2, 0.25) is 0 Å². The van der Waals surface area contributed by atoms with E-state index in [4.69, 9.17) is 0 Å². The fourth-order valence-electron chi connectivity index (χ4n) is 0.918. The summed E-state index contributed by atoms with van der Waals surface area (Å²) in [4.78, 5) is 10.3. The first kappa shape index (κ1) is 7.79. The number of phenols is 1. The Morgan fingerprint density at radius 1 is 1.27 bits per heavy atom. The lowest BCUT2D eigenvalue weighted by molar-refractivity contribution is 0.112. The van der Waals surface area contributed by atoms with Gasteiger partial charge in [-0.15, -0.1) is 0 Å². The minimum atomic E-state index is 0.0584. The summed E-state index contributed by atoms with van der Waals surface area (Å²) >= 11 is 0. The lowest BCUT2D eigenvalue weighted by Gasteiger charge is -2.02. The van der Waals surface area contributed by atoms with Crippen molar-refractivity contribution in [1.82, 2.24) is 0 Å². The van der Waals surface area contributed by atoms with Gasteiger partial charge in [0.1, 0.15) is 5.75 Å². The van der Waals surface area contributed by atoms with Gasteiger partial charge >= 0.3 is 0 Å². The lowest BCUT2D eigenvalue weighted by Crippen LogP contribution is -1.86. The molecule has 1 rings (SSSR count). The van der Waals surface area contributed by atoms with Crippen molar-refractivity contribution < 1.29 is 9.90 Å². The van der Waals surface area contributed by atoms with Gasteiger partial charge in [0.05, 0.1) is 5.56 Å². The van der Waals surface area contributed by atoms with Crippen molar-refractivity contribution in [2.75, 3.05) is 0 Å². The Morgan fingerprint density at radius 2 is 1.82 bits per heavy atom. The normalized spacial score (nSPS) is 9.64. The largest absolute Gasteiger partial charge is 0.507 e. The third kappa shape index (κ3) is 1.40. The van der Waals surface area contributed by atoms with E-state index in [1.54, 1.807) is 12.1 Å². The number of aromatic hydroxyl groups is 1. The average Bonchev–Trinajstić information content (AvgIpc) is 1.97. The summed E-state index contributed by atoms with van der Waals surface area (Å²) in [6.45, 7) is 3.80. The van der Waals surface area contributed by atoms with E-state index in [1.165, 1.54) is 0 Å². The molecule has 2 nitrogen and oxygen atoms in total. The van der Waals surface area contributed by atoms with Crippen LogP contribution in [0.5, 0.6) is 5.75 Å². The van der Waals surface area contributed by atoms with Crippen LogP contribution in [0.4, 0.5) is 0 Å². The van der Waals surface area contributed by atoms with Crippen LogP contribution in [0.15, 0.2) is 12.1 Å². The minimum Gasteiger partial charge on any atom is -0.507 e. The van der Waals surface area contributed by atoms with Crippen LogP contribution in [0.3, 0.4) is 0 Å². The van der Waals surface area contributed by atoms with Crippen molar-refractivity contribution in [3.63, 3.8) is 0 Å². The molecule has 0 fully saturated rings. The van der Waals surface area contributed by atoms with Crippen LogP contribution in [0.25, 0.3) is 0 Å². The van der Waals surface area contributed by atoms with Gasteiger partial charge in [-0.2, -0.15) is 0 Å². The van der Waals surface area contributed by atoms with Crippen molar-refractivity contribution in [2.45, 2.75) is 13.8 Å². The molecule has 0 radical (unpaired) electrons. The van der Waals surface area contributed by atoms with Crippen LogP contribution >= 0.6 is 0 Å². The van der Waals surface area contributed by atoms with Crippen molar-refractivity contribution in [1.29, 1.82) is 0 Å². The summed E-state index contributed by atoms with van der Waals surface area (Å²) in [6.07, 6.45) is 0.655. The van der Waals surface area contributed by atoms with Crippen LogP contribution < -0.4 is 0 Å². The monoisotopic (exact) mass is 150 g/mol. The molecular formula is C9H10O2. The molecule has 2 heteroatoms. The summed E-state index contributed by atoms with van der Waals surface area (Å²) in [5.74, 6) is 0.0584. The Hall–Kier alpha value is -1.31. The first-order valence-electron chi connectivity index (χ1n) is 3.40. The van der Waals surface area contributed by atoms with E-state index in [1.807, 2.05) is 13.8 Å². The second-order valence-corrected chi connectivity index (χ2v) is 2.61. The van der Waals surface area contributed by atoms with E-state index in [0.717, 1.165) is 11.1 Å². The summed E-state index contributed by atoms with van der Waals surface area (Å²) in [5, 5.41) is 9.18. The molecule has 0 aliphatic heterocycles.